The molecule has 0 aliphatic carbocycles. The van der Waals surface area contributed by atoms with Crippen molar-refractivity contribution in [1.82, 2.24) is 15.0 Å². The molecule has 0 N–H and O–H groups in total. The van der Waals surface area contributed by atoms with Gasteiger partial charge in [-0.15, -0.1) is 5.10 Å². The summed E-state index contributed by atoms with van der Waals surface area (Å²) >= 11 is 0. The summed E-state index contributed by atoms with van der Waals surface area (Å²) in [7, 11) is 0. The molecule has 0 aromatic carbocycles. The maximum Gasteiger partial charge on any atom is 0.119 e. The normalized spacial score (nSPS) is 10.5. The van der Waals surface area contributed by atoms with Crippen LogP contribution in [0.4, 0.5) is 0 Å². The monoisotopic (exact) mass is 209 g/mol. The van der Waals surface area contributed by atoms with E-state index in [9.17, 15) is 4.79 Å². The van der Waals surface area contributed by atoms with Gasteiger partial charge < -0.3 is 4.79 Å². The Balaban J connectivity index is 2.32. The summed E-state index contributed by atoms with van der Waals surface area (Å²) in [5.74, 6) is 0. The number of hydrogen-bond donors (Lipinski definition) is 0. The van der Waals surface area contributed by atoms with Crippen LogP contribution in [0.15, 0.2) is 6.20 Å². The average molecular weight is 209 g/mol. The highest BCUT2D eigenvalue weighted by atomic mass is 16.1. The van der Waals surface area contributed by atoms with E-state index >= 15 is 0 Å². The minimum atomic E-state index is 0.652. The maximum atomic E-state index is 10.1. The molecule has 0 fully saturated rings. The van der Waals surface area contributed by atoms with Gasteiger partial charge in [0.15, 0.2) is 0 Å². The van der Waals surface area contributed by atoms with Crippen molar-refractivity contribution in [1.29, 1.82) is 0 Å². The zero-order valence-electron chi connectivity index (χ0n) is 9.35. The molecule has 0 radical (unpaired) electrons. The van der Waals surface area contributed by atoms with Crippen LogP contribution in [0, 0.1) is 0 Å². The quantitative estimate of drug-likeness (QED) is 0.486. The number of aryl methyl sites for hydroxylation is 2. The minimum Gasteiger partial charge on any atom is -0.303 e. The van der Waals surface area contributed by atoms with Gasteiger partial charge in [-0.2, -0.15) is 0 Å². The van der Waals surface area contributed by atoms with E-state index in [0.717, 1.165) is 32.1 Å². The van der Waals surface area contributed by atoms with Gasteiger partial charge in [-0.3, -0.25) is 0 Å². The van der Waals surface area contributed by atoms with Crippen molar-refractivity contribution in [2.24, 2.45) is 0 Å². The second-order valence-electron chi connectivity index (χ2n) is 3.71. The van der Waals surface area contributed by atoms with Crippen LogP contribution in [0.25, 0.3) is 0 Å². The molecule has 0 aliphatic heterocycles. The molecule has 4 nitrogen and oxygen atoms in total. The lowest BCUT2D eigenvalue weighted by atomic mass is 10.2. The van der Waals surface area contributed by atoms with Crippen LogP contribution in [-0.2, 0) is 17.8 Å². The van der Waals surface area contributed by atoms with Gasteiger partial charge in [-0.25, -0.2) is 4.68 Å². The second kappa shape index (κ2) is 7.15. The van der Waals surface area contributed by atoms with Crippen molar-refractivity contribution in [2.45, 2.75) is 52.0 Å². The van der Waals surface area contributed by atoms with Crippen molar-refractivity contribution in [3.63, 3.8) is 0 Å². The Labute approximate surface area is 90.7 Å². The molecule has 1 aromatic heterocycles. The molecule has 0 spiro atoms. The Hall–Kier alpha value is -1.19. The van der Waals surface area contributed by atoms with Gasteiger partial charge in [-0.1, -0.05) is 18.6 Å². The van der Waals surface area contributed by atoms with Gasteiger partial charge in [-0.05, 0) is 25.7 Å². The van der Waals surface area contributed by atoms with Gasteiger partial charge in [0, 0.05) is 13.0 Å². The number of unbranched alkanes of at least 4 members (excludes halogenated alkanes) is 3. The van der Waals surface area contributed by atoms with Gasteiger partial charge in [0.2, 0.25) is 0 Å². The number of hydrogen-bond acceptors (Lipinski definition) is 3. The lowest BCUT2D eigenvalue weighted by Gasteiger charge is -2.04. The molecule has 1 rings (SSSR count). The smallest absolute Gasteiger partial charge is 0.119 e. The summed E-state index contributed by atoms with van der Waals surface area (Å²) in [5, 5.41) is 7.96. The van der Waals surface area contributed by atoms with Crippen molar-refractivity contribution in [3.8, 4) is 0 Å². The number of rotatable bonds is 8. The zero-order chi connectivity index (χ0) is 10.9. The Bertz CT molecular complexity index is 283. The number of carbonyl (C=O) groups is 1. The summed E-state index contributed by atoms with van der Waals surface area (Å²) < 4.78 is 1.96. The molecule has 0 bridgehead atoms. The van der Waals surface area contributed by atoms with Gasteiger partial charge in [0.1, 0.15) is 6.29 Å². The molecule has 4 heteroatoms. The van der Waals surface area contributed by atoms with Crippen LogP contribution < -0.4 is 0 Å². The largest absolute Gasteiger partial charge is 0.303 e. The van der Waals surface area contributed by atoms with E-state index in [1.807, 2.05) is 10.9 Å². The third kappa shape index (κ3) is 4.23. The molecule has 0 saturated carbocycles. The first-order valence-corrected chi connectivity index (χ1v) is 5.69. The van der Waals surface area contributed by atoms with E-state index < -0.39 is 0 Å². The molecule has 84 valence electrons. The first-order chi connectivity index (χ1) is 7.38. The molecule has 0 amide bonds. The van der Waals surface area contributed by atoms with Crippen molar-refractivity contribution < 1.29 is 4.79 Å². The van der Waals surface area contributed by atoms with E-state index in [2.05, 4.69) is 17.2 Å². The standard InChI is InChI=1S/C11H19N3O/c1-2-3-7-11-10-12-13-14(11)8-5-4-6-9-15/h9-10H,2-8H2,1H3. The van der Waals surface area contributed by atoms with Crippen molar-refractivity contribution in [3.05, 3.63) is 11.9 Å². The molecule has 15 heavy (non-hydrogen) atoms. The first-order valence-electron chi connectivity index (χ1n) is 5.69. The predicted molar refractivity (Wildman–Crippen MR) is 58.5 cm³/mol. The number of carbonyl (C=O) groups excluding carboxylic acids is 1. The summed E-state index contributed by atoms with van der Waals surface area (Å²) in [6, 6.07) is 0. The fourth-order valence-electron chi connectivity index (χ4n) is 1.51. The lowest BCUT2D eigenvalue weighted by Crippen LogP contribution is -2.05. The molecular weight excluding hydrogens is 190 g/mol. The maximum absolute atomic E-state index is 10.1. The van der Waals surface area contributed by atoms with Gasteiger partial charge in [0.25, 0.3) is 0 Å². The van der Waals surface area contributed by atoms with Crippen LogP contribution >= 0.6 is 0 Å². The van der Waals surface area contributed by atoms with Crippen molar-refractivity contribution >= 4 is 6.29 Å². The molecule has 0 saturated heterocycles. The van der Waals surface area contributed by atoms with Crippen molar-refractivity contribution in [2.75, 3.05) is 0 Å². The Morgan fingerprint density at radius 1 is 1.40 bits per heavy atom. The highest BCUT2D eigenvalue weighted by Crippen LogP contribution is 2.05. The van der Waals surface area contributed by atoms with E-state index in [4.69, 9.17) is 0 Å². The molecule has 0 aliphatic rings. The van der Waals surface area contributed by atoms with Crippen LogP contribution in [0.2, 0.25) is 0 Å². The summed E-state index contributed by atoms with van der Waals surface area (Å²) in [6.45, 7) is 3.06. The fraction of sp³-hybridized carbons (Fsp3) is 0.727. The summed E-state index contributed by atoms with van der Waals surface area (Å²) in [6.07, 6.45) is 8.83. The van der Waals surface area contributed by atoms with E-state index in [1.54, 1.807) is 0 Å². The Morgan fingerprint density at radius 3 is 3.00 bits per heavy atom. The Kier molecular flexibility index (Phi) is 5.66. The van der Waals surface area contributed by atoms with Gasteiger partial charge >= 0.3 is 0 Å². The Morgan fingerprint density at radius 2 is 2.27 bits per heavy atom. The summed E-state index contributed by atoms with van der Waals surface area (Å²) in [4.78, 5) is 10.1. The van der Waals surface area contributed by atoms with E-state index in [0.29, 0.717) is 6.42 Å². The zero-order valence-corrected chi connectivity index (χ0v) is 9.35. The first kappa shape index (κ1) is 11.9. The molecule has 0 atom stereocenters. The second-order valence-corrected chi connectivity index (χ2v) is 3.71. The third-order valence-electron chi connectivity index (χ3n) is 2.43. The SMILES string of the molecule is CCCCc1cnnn1CCCCC=O. The molecule has 1 aromatic rings. The molecule has 1 heterocycles. The number of aromatic nitrogens is 3. The lowest BCUT2D eigenvalue weighted by molar-refractivity contribution is -0.107. The topological polar surface area (TPSA) is 47.8 Å². The highest BCUT2D eigenvalue weighted by molar-refractivity contribution is 5.48. The highest BCUT2D eigenvalue weighted by Gasteiger charge is 2.02. The van der Waals surface area contributed by atoms with Gasteiger partial charge in [0.05, 0.1) is 11.9 Å². The van der Waals surface area contributed by atoms with E-state index in [-0.39, 0.29) is 0 Å². The molecular formula is C11H19N3O. The number of nitrogens with zero attached hydrogens (tertiary/aromatic N) is 3. The fourth-order valence-corrected chi connectivity index (χ4v) is 1.51. The predicted octanol–water partition coefficient (Wildman–Crippen LogP) is 1.99. The van der Waals surface area contributed by atoms with Crippen LogP contribution in [-0.4, -0.2) is 21.3 Å². The van der Waals surface area contributed by atoms with Crippen LogP contribution in [0.5, 0.6) is 0 Å². The van der Waals surface area contributed by atoms with Crippen LogP contribution in [0.3, 0.4) is 0 Å². The summed E-state index contributed by atoms with van der Waals surface area (Å²) in [5.41, 5.74) is 1.21. The number of aldehydes is 1. The average Bonchev–Trinajstić information content (AvgIpc) is 2.69. The van der Waals surface area contributed by atoms with E-state index in [1.165, 1.54) is 18.5 Å². The minimum absolute atomic E-state index is 0.652. The third-order valence-corrected chi connectivity index (χ3v) is 2.43. The molecule has 0 unspecified atom stereocenters. The van der Waals surface area contributed by atoms with Crippen LogP contribution in [0.1, 0.15) is 44.7 Å².